The largest absolute Gasteiger partial charge is 0.497 e. The van der Waals surface area contributed by atoms with Gasteiger partial charge in [0.25, 0.3) is 0 Å². The Bertz CT molecular complexity index is 1030. The number of nitrogens with one attached hydrogen (secondary N) is 1. The summed E-state index contributed by atoms with van der Waals surface area (Å²) in [6.45, 7) is 1.98. The van der Waals surface area contributed by atoms with Crippen LogP contribution in [0.2, 0.25) is 0 Å². The van der Waals surface area contributed by atoms with Crippen molar-refractivity contribution in [3.8, 4) is 5.75 Å². The topological polar surface area (TPSA) is 64.3 Å². The smallest absolute Gasteiger partial charge is 0.245 e. The molecule has 0 saturated heterocycles. The number of hydrogen-bond acceptors (Lipinski definition) is 5. The predicted octanol–water partition coefficient (Wildman–Crippen LogP) is 3.78. The van der Waals surface area contributed by atoms with Crippen LogP contribution in [0.4, 0.5) is 11.6 Å². The maximum absolute atomic E-state index is 5.18. The van der Waals surface area contributed by atoms with Crippen molar-refractivity contribution >= 4 is 17.2 Å². The van der Waals surface area contributed by atoms with E-state index in [0.717, 1.165) is 34.9 Å². The van der Waals surface area contributed by atoms with Gasteiger partial charge in [-0.15, -0.1) is 5.10 Å². The second-order valence-electron chi connectivity index (χ2n) is 6.01. The van der Waals surface area contributed by atoms with Crippen LogP contribution in [0.3, 0.4) is 0 Å². The molecule has 0 fully saturated rings. The van der Waals surface area contributed by atoms with Crippen molar-refractivity contribution in [1.29, 1.82) is 0 Å². The first kappa shape index (κ1) is 16.1. The SMILES string of the molecule is COc1ccc(Nc2ncc3c(C)nc(Cc4ccccc4)n3n2)cc1. The molecule has 2 aromatic heterocycles. The van der Waals surface area contributed by atoms with E-state index >= 15 is 0 Å². The number of aromatic nitrogens is 4. The third-order valence-corrected chi connectivity index (χ3v) is 4.20. The van der Waals surface area contributed by atoms with E-state index in [1.165, 1.54) is 5.56 Å². The Morgan fingerprint density at radius 2 is 1.81 bits per heavy atom. The van der Waals surface area contributed by atoms with Crippen molar-refractivity contribution in [2.45, 2.75) is 13.3 Å². The summed E-state index contributed by atoms with van der Waals surface area (Å²) in [6, 6.07) is 17.9. The molecule has 2 heterocycles. The summed E-state index contributed by atoms with van der Waals surface area (Å²) in [6.07, 6.45) is 2.52. The van der Waals surface area contributed by atoms with Crippen LogP contribution in [0.15, 0.2) is 60.8 Å². The average Bonchev–Trinajstić information content (AvgIpc) is 2.98. The number of rotatable bonds is 5. The number of fused-ring (bicyclic) bond motifs is 1. The minimum absolute atomic E-state index is 0.523. The van der Waals surface area contributed by atoms with Gasteiger partial charge in [0, 0.05) is 12.1 Å². The molecule has 4 rings (SSSR count). The summed E-state index contributed by atoms with van der Waals surface area (Å²) < 4.78 is 7.04. The first-order valence-corrected chi connectivity index (χ1v) is 8.39. The van der Waals surface area contributed by atoms with Crippen molar-refractivity contribution < 1.29 is 4.74 Å². The van der Waals surface area contributed by atoms with Crippen LogP contribution in [0.1, 0.15) is 17.1 Å². The van der Waals surface area contributed by atoms with Gasteiger partial charge in [0.15, 0.2) is 0 Å². The third kappa shape index (κ3) is 3.21. The molecule has 2 aromatic carbocycles. The van der Waals surface area contributed by atoms with Gasteiger partial charge in [-0.1, -0.05) is 30.3 Å². The van der Waals surface area contributed by atoms with E-state index < -0.39 is 0 Å². The van der Waals surface area contributed by atoms with E-state index in [-0.39, 0.29) is 0 Å². The zero-order valence-electron chi connectivity index (χ0n) is 14.7. The summed E-state index contributed by atoms with van der Waals surface area (Å²) in [7, 11) is 1.65. The molecule has 0 amide bonds. The van der Waals surface area contributed by atoms with E-state index in [9.17, 15) is 0 Å². The normalized spacial score (nSPS) is 10.8. The fourth-order valence-corrected chi connectivity index (χ4v) is 2.85. The van der Waals surface area contributed by atoms with Crippen molar-refractivity contribution in [2.24, 2.45) is 0 Å². The molecule has 130 valence electrons. The minimum Gasteiger partial charge on any atom is -0.497 e. The number of ether oxygens (including phenoxy) is 1. The van der Waals surface area contributed by atoms with Crippen molar-refractivity contribution in [3.05, 3.63) is 77.9 Å². The van der Waals surface area contributed by atoms with Gasteiger partial charge in [0.2, 0.25) is 5.95 Å². The fourth-order valence-electron chi connectivity index (χ4n) is 2.85. The van der Waals surface area contributed by atoms with Crippen LogP contribution in [0.5, 0.6) is 5.75 Å². The van der Waals surface area contributed by atoms with Crippen LogP contribution in [0.25, 0.3) is 5.52 Å². The Morgan fingerprint density at radius 1 is 1.04 bits per heavy atom. The standard InChI is InChI=1S/C20H19N5O/c1-14-18-13-21-20(23-16-8-10-17(26-2)11-9-16)24-25(18)19(22-14)12-15-6-4-3-5-7-15/h3-11,13H,12H2,1-2H3,(H,23,24). The lowest BCUT2D eigenvalue weighted by molar-refractivity contribution is 0.415. The van der Waals surface area contributed by atoms with Crippen LogP contribution in [-0.2, 0) is 6.42 Å². The molecule has 0 aliphatic heterocycles. The van der Waals surface area contributed by atoms with E-state index in [2.05, 4.69) is 32.5 Å². The number of anilines is 2. The van der Waals surface area contributed by atoms with Gasteiger partial charge in [-0.2, -0.15) is 0 Å². The molecule has 0 spiro atoms. The Labute approximate surface area is 151 Å². The van der Waals surface area contributed by atoms with Crippen LogP contribution >= 0.6 is 0 Å². The van der Waals surface area contributed by atoms with E-state index in [4.69, 9.17) is 4.74 Å². The zero-order chi connectivity index (χ0) is 17.9. The molecular formula is C20H19N5O. The molecule has 0 saturated carbocycles. The summed E-state index contributed by atoms with van der Waals surface area (Å²) >= 11 is 0. The van der Waals surface area contributed by atoms with E-state index in [1.54, 1.807) is 13.3 Å². The number of nitrogens with zero attached hydrogens (tertiary/aromatic N) is 4. The van der Waals surface area contributed by atoms with Crippen LogP contribution in [-0.4, -0.2) is 26.7 Å². The molecule has 0 unspecified atom stereocenters. The maximum atomic E-state index is 5.18. The number of benzene rings is 2. The molecule has 6 nitrogen and oxygen atoms in total. The van der Waals surface area contributed by atoms with Crippen molar-refractivity contribution in [3.63, 3.8) is 0 Å². The third-order valence-electron chi connectivity index (χ3n) is 4.20. The van der Waals surface area contributed by atoms with E-state index in [1.807, 2.05) is 53.9 Å². The monoisotopic (exact) mass is 345 g/mol. The first-order valence-electron chi connectivity index (χ1n) is 8.39. The Hall–Kier alpha value is -3.41. The summed E-state index contributed by atoms with van der Waals surface area (Å²) in [5.41, 5.74) is 3.93. The highest BCUT2D eigenvalue weighted by Crippen LogP contribution is 2.19. The second-order valence-corrected chi connectivity index (χ2v) is 6.01. The molecule has 0 radical (unpaired) electrons. The molecule has 0 aliphatic carbocycles. The highest BCUT2D eigenvalue weighted by molar-refractivity contribution is 5.57. The van der Waals surface area contributed by atoms with E-state index in [0.29, 0.717) is 5.95 Å². The van der Waals surface area contributed by atoms with Gasteiger partial charge >= 0.3 is 0 Å². The van der Waals surface area contributed by atoms with Crippen LogP contribution < -0.4 is 10.1 Å². The van der Waals surface area contributed by atoms with Gasteiger partial charge in [0.1, 0.15) is 17.1 Å². The minimum atomic E-state index is 0.523. The molecule has 0 aliphatic rings. The number of aryl methyl sites for hydroxylation is 1. The van der Waals surface area contributed by atoms with Crippen molar-refractivity contribution in [2.75, 3.05) is 12.4 Å². The molecule has 1 N–H and O–H groups in total. The molecule has 0 bridgehead atoms. The molecular weight excluding hydrogens is 326 g/mol. The summed E-state index contributed by atoms with van der Waals surface area (Å²) in [5, 5.41) is 7.85. The maximum Gasteiger partial charge on any atom is 0.245 e. The lowest BCUT2D eigenvalue weighted by atomic mass is 10.1. The first-order chi connectivity index (χ1) is 12.7. The summed E-state index contributed by atoms with van der Waals surface area (Å²) in [5.74, 6) is 2.22. The average molecular weight is 345 g/mol. The molecule has 0 atom stereocenters. The lowest BCUT2D eigenvalue weighted by Gasteiger charge is -2.07. The molecule has 26 heavy (non-hydrogen) atoms. The molecule has 4 aromatic rings. The number of hydrogen-bond donors (Lipinski definition) is 1. The number of imidazole rings is 1. The Morgan fingerprint density at radius 3 is 2.54 bits per heavy atom. The van der Waals surface area contributed by atoms with Gasteiger partial charge in [-0.05, 0) is 36.8 Å². The summed E-state index contributed by atoms with van der Waals surface area (Å²) in [4.78, 5) is 9.08. The number of methoxy groups -OCH3 is 1. The molecule has 6 heteroatoms. The second kappa shape index (κ2) is 6.84. The zero-order valence-corrected chi connectivity index (χ0v) is 14.7. The quantitative estimate of drug-likeness (QED) is 0.596. The lowest BCUT2D eigenvalue weighted by Crippen LogP contribution is -2.05. The van der Waals surface area contributed by atoms with Gasteiger partial charge in [-0.25, -0.2) is 14.5 Å². The Kier molecular flexibility index (Phi) is 4.23. The fraction of sp³-hybridized carbons (Fsp3) is 0.150. The highest BCUT2D eigenvalue weighted by atomic mass is 16.5. The Balaban J connectivity index is 1.65. The van der Waals surface area contributed by atoms with Gasteiger partial charge in [-0.3, -0.25) is 0 Å². The highest BCUT2D eigenvalue weighted by Gasteiger charge is 2.11. The van der Waals surface area contributed by atoms with Crippen molar-refractivity contribution in [1.82, 2.24) is 19.6 Å². The van der Waals surface area contributed by atoms with Crippen LogP contribution in [0, 0.1) is 6.92 Å². The van der Waals surface area contributed by atoms with Gasteiger partial charge < -0.3 is 10.1 Å². The predicted molar refractivity (Wildman–Crippen MR) is 101 cm³/mol. The van der Waals surface area contributed by atoms with Gasteiger partial charge in [0.05, 0.1) is 19.0 Å².